The number of anilines is 1. The Hall–Kier alpha value is -2.72. The maximum absolute atomic E-state index is 12.3. The van der Waals surface area contributed by atoms with Gasteiger partial charge in [0, 0.05) is 18.0 Å². The molecular weight excluding hydrogens is 402 g/mol. The third-order valence-electron chi connectivity index (χ3n) is 3.44. The Kier molecular flexibility index (Phi) is 6.10. The van der Waals surface area contributed by atoms with Crippen LogP contribution in [-0.4, -0.2) is 26.3 Å². The molecule has 2 N–H and O–H groups in total. The smallest absolute Gasteiger partial charge is 0.413 e. The highest BCUT2D eigenvalue weighted by Gasteiger charge is 2.19. The molecule has 148 valence electrons. The highest BCUT2D eigenvalue weighted by molar-refractivity contribution is 8.15. The van der Waals surface area contributed by atoms with E-state index >= 15 is 0 Å². The van der Waals surface area contributed by atoms with E-state index < -0.39 is 16.2 Å². The van der Waals surface area contributed by atoms with E-state index in [1.54, 1.807) is 24.3 Å². The molecule has 2 aromatic carbocycles. The second-order valence-electron chi connectivity index (χ2n) is 6.27. The molecule has 1 heterocycles. The SMILES string of the molecule is CC(C)COC(=O)NC1=Nc2ccc(OS(=O)(=O)c3ccccc3)cc2NS1. The van der Waals surface area contributed by atoms with Gasteiger partial charge < -0.3 is 13.6 Å². The molecule has 3 rings (SSSR count). The average Bonchev–Trinajstić information content (AvgIpc) is 2.67. The fourth-order valence-electron chi connectivity index (χ4n) is 2.16. The molecule has 0 saturated heterocycles. The van der Waals surface area contributed by atoms with Gasteiger partial charge in [-0.25, -0.2) is 9.79 Å². The minimum atomic E-state index is -3.92. The van der Waals surface area contributed by atoms with Crippen LogP contribution in [0.5, 0.6) is 5.75 Å². The molecule has 0 aliphatic carbocycles. The normalized spacial score (nSPS) is 13.2. The summed E-state index contributed by atoms with van der Waals surface area (Å²) in [7, 11) is -3.92. The molecular formula is C18H19N3O5S2. The minimum Gasteiger partial charge on any atom is -0.449 e. The van der Waals surface area contributed by atoms with Gasteiger partial charge in [-0.1, -0.05) is 32.0 Å². The molecule has 0 atom stereocenters. The van der Waals surface area contributed by atoms with E-state index in [1.165, 1.54) is 24.3 Å². The summed E-state index contributed by atoms with van der Waals surface area (Å²) in [6.45, 7) is 4.19. The van der Waals surface area contributed by atoms with Crippen LogP contribution >= 0.6 is 11.9 Å². The van der Waals surface area contributed by atoms with Crippen LogP contribution in [0.2, 0.25) is 0 Å². The summed E-state index contributed by atoms with van der Waals surface area (Å²) in [6.07, 6.45) is -0.584. The number of nitrogens with zero attached hydrogens (tertiary/aromatic N) is 1. The zero-order valence-electron chi connectivity index (χ0n) is 15.2. The Morgan fingerprint density at radius 1 is 1.21 bits per heavy atom. The molecule has 10 heteroatoms. The van der Waals surface area contributed by atoms with Crippen molar-refractivity contribution < 1.29 is 22.1 Å². The third kappa shape index (κ3) is 5.17. The van der Waals surface area contributed by atoms with Gasteiger partial charge in [0.15, 0.2) is 5.17 Å². The fraction of sp³-hybridized carbons (Fsp3) is 0.222. The molecule has 2 aromatic rings. The predicted molar refractivity (Wildman–Crippen MR) is 108 cm³/mol. The minimum absolute atomic E-state index is 0.0690. The van der Waals surface area contributed by atoms with Crippen LogP contribution < -0.4 is 14.2 Å². The first-order chi connectivity index (χ1) is 13.3. The molecule has 0 saturated carbocycles. The lowest BCUT2D eigenvalue weighted by molar-refractivity contribution is 0.138. The number of benzene rings is 2. The van der Waals surface area contributed by atoms with Crippen LogP contribution in [0.4, 0.5) is 16.2 Å². The van der Waals surface area contributed by atoms with E-state index in [0.29, 0.717) is 23.1 Å². The van der Waals surface area contributed by atoms with E-state index in [4.69, 9.17) is 8.92 Å². The van der Waals surface area contributed by atoms with Gasteiger partial charge in [-0.3, -0.25) is 5.32 Å². The number of rotatable bonds is 5. The van der Waals surface area contributed by atoms with Crippen molar-refractivity contribution in [1.82, 2.24) is 5.32 Å². The van der Waals surface area contributed by atoms with Gasteiger partial charge in [0.2, 0.25) is 0 Å². The summed E-state index contributed by atoms with van der Waals surface area (Å²) in [5.74, 6) is 0.384. The quantitative estimate of drug-likeness (QED) is 0.557. The Morgan fingerprint density at radius 2 is 1.96 bits per heavy atom. The van der Waals surface area contributed by atoms with E-state index in [-0.39, 0.29) is 16.6 Å². The topological polar surface area (TPSA) is 106 Å². The van der Waals surface area contributed by atoms with Crippen molar-refractivity contribution in [1.29, 1.82) is 0 Å². The average molecular weight is 422 g/mol. The Balaban J connectivity index is 1.70. The molecule has 1 amide bonds. The Morgan fingerprint density at radius 3 is 2.68 bits per heavy atom. The molecule has 0 unspecified atom stereocenters. The van der Waals surface area contributed by atoms with Crippen molar-refractivity contribution in [3.63, 3.8) is 0 Å². The maximum Gasteiger partial charge on any atom is 0.413 e. The predicted octanol–water partition coefficient (Wildman–Crippen LogP) is 3.90. The molecule has 1 aliphatic heterocycles. The second kappa shape index (κ2) is 8.53. The lowest BCUT2D eigenvalue weighted by Gasteiger charge is -2.18. The molecule has 0 fully saturated rings. The van der Waals surface area contributed by atoms with E-state index in [1.807, 2.05) is 13.8 Å². The van der Waals surface area contributed by atoms with E-state index in [9.17, 15) is 13.2 Å². The Bertz CT molecular complexity index is 992. The summed E-state index contributed by atoms with van der Waals surface area (Å²) in [6, 6.07) is 12.5. The van der Waals surface area contributed by atoms with Gasteiger partial charge >= 0.3 is 16.2 Å². The molecule has 0 radical (unpaired) electrons. The molecule has 28 heavy (non-hydrogen) atoms. The highest BCUT2D eigenvalue weighted by Crippen LogP contribution is 2.36. The van der Waals surface area contributed by atoms with Crippen LogP contribution in [0.15, 0.2) is 58.4 Å². The molecule has 0 spiro atoms. The molecule has 8 nitrogen and oxygen atoms in total. The van der Waals surface area contributed by atoms with E-state index in [0.717, 1.165) is 11.9 Å². The lowest BCUT2D eigenvalue weighted by atomic mass is 10.2. The maximum atomic E-state index is 12.3. The zero-order chi connectivity index (χ0) is 20.1. The number of ether oxygens (including phenoxy) is 1. The van der Waals surface area contributed by atoms with Crippen LogP contribution in [0.25, 0.3) is 0 Å². The summed E-state index contributed by atoms with van der Waals surface area (Å²) >= 11 is 1.07. The van der Waals surface area contributed by atoms with Crippen molar-refractivity contribution >= 4 is 44.7 Å². The van der Waals surface area contributed by atoms with Crippen molar-refractivity contribution in [3.05, 3.63) is 48.5 Å². The summed E-state index contributed by atoms with van der Waals surface area (Å²) in [5, 5.41) is 2.88. The summed E-state index contributed by atoms with van der Waals surface area (Å²) in [4.78, 5) is 16.1. The van der Waals surface area contributed by atoms with Gasteiger partial charge in [0.1, 0.15) is 10.6 Å². The lowest BCUT2D eigenvalue weighted by Crippen LogP contribution is -2.31. The standard InChI is InChI=1S/C18H19N3O5S2/c1-12(2)11-25-18(22)20-17-19-15-9-8-13(10-16(15)21-27-17)26-28(23,24)14-6-4-3-5-7-14/h3-10,12,21H,11H2,1-2H3,(H,19,20,22). The fourth-order valence-corrected chi connectivity index (χ4v) is 3.76. The van der Waals surface area contributed by atoms with Crippen LogP contribution in [-0.2, 0) is 14.9 Å². The highest BCUT2D eigenvalue weighted by atomic mass is 32.2. The van der Waals surface area contributed by atoms with Crippen LogP contribution in [0.1, 0.15) is 13.8 Å². The van der Waals surface area contributed by atoms with Gasteiger partial charge in [0.05, 0.1) is 18.0 Å². The number of hydrogen-bond donors (Lipinski definition) is 2. The monoisotopic (exact) mass is 421 g/mol. The molecule has 0 bridgehead atoms. The number of hydrogen-bond acceptors (Lipinski definition) is 8. The first-order valence-corrected chi connectivity index (χ1v) is 10.6. The second-order valence-corrected chi connectivity index (χ2v) is 8.61. The number of amidine groups is 1. The summed E-state index contributed by atoms with van der Waals surface area (Å²) < 4.78 is 37.9. The van der Waals surface area contributed by atoms with Gasteiger partial charge in [-0.2, -0.15) is 8.42 Å². The number of fused-ring (bicyclic) bond motifs is 1. The van der Waals surface area contributed by atoms with E-state index in [2.05, 4.69) is 15.0 Å². The van der Waals surface area contributed by atoms with Crippen molar-refractivity contribution in [2.45, 2.75) is 18.7 Å². The first-order valence-electron chi connectivity index (χ1n) is 8.42. The largest absolute Gasteiger partial charge is 0.449 e. The molecule has 0 aromatic heterocycles. The number of amides is 1. The van der Waals surface area contributed by atoms with Gasteiger partial charge in [-0.15, -0.1) is 0 Å². The van der Waals surface area contributed by atoms with Crippen molar-refractivity contribution in [2.24, 2.45) is 10.9 Å². The molecule has 1 aliphatic rings. The van der Waals surface area contributed by atoms with Crippen LogP contribution in [0, 0.1) is 5.92 Å². The van der Waals surface area contributed by atoms with Crippen LogP contribution in [0.3, 0.4) is 0 Å². The first kappa shape index (κ1) is 20.0. The van der Waals surface area contributed by atoms with Crippen molar-refractivity contribution in [2.75, 3.05) is 11.3 Å². The number of aliphatic imine (C=N–C) groups is 1. The van der Waals surface area contributed by atoms with Gasteiger partial charge in [-0.05, 0) is 30.2 Å². The number of alkyl carbamates (subject to hydrolysis) is 1. The van der Waals surface area contributed by atoms with Gasteiger partial charge in [0.25, 0.3) is 0 Å². The Labute approximate surface area is 167 Å². The summed E-state index contributed by atoms with van der Waals surface area (Å²) in [5.41, 5.74) is 1.09. The number of nitrogens with one attached hydrogen (secondary N) is 2. The number of carbonyl (C=O) groups is 1. The van der Waals surface area contributed by atoms with Crippen molar-refractivity contribution in [3.8, 4) is 5.75 Å². The zero-order valence-corrected chi connectivity index (χ0v) is 16.8. The third-order valence-corrected chi connectivity index (χ3v) is 5.41. The number of carbonyl (C=O) groups excluding carboxylic acids is 1.